The van der Waals surface area contributed by atoms with E-state index in [4.69, 9.17) is 9.47 Å². The minimum atomic E-state index is 0.106. The fourth-order valence-corrected chi connectivity index (χ4v) is 5.64. The lowest BCUT2D eigenvalue weighted by molar-refractivity contribution is -0.0909. The van der Waals surface area contributed by atoms with Crippen molar-refractivity contribution in [3.8, 4) is 0 Å². The summed E-state index contributed by atoms with van der Waals surface area (Å²) in [5, 5.41) is 0. The molecule has 0 aliphatic heterocycles. The summed E-state index contributed by atoms with van der Waals surface area (Å²) in [6, 6.07) is 0. The van der Waals surface area contributed by atoms with Crippen molar-refractivity contribution in [1.29, 1.82) is 0 Å². The van der Waals surface area contributed by atoms with Crippen molar-refractivity contribution in [2.24, 2.45) is 29.6 Å². The molecular formula is C18H28O2. The van der Waals surface area contributed by atoms with Gasteiger partial charge in [0.2, 0.25) is 0 Å². The number of ether oxygens (including phenoxy) is 2. The van der Waals surface area contributed by atoms with E-state index in [2.05, 4.69) is 27.0 Å². The van der Waals surface area contributed by atoms with E-state index in [1.54, 1.807) is 0 Å². The van der Waals surface area contributed by atoms with E-state index >= 15 is 0 Å². The van der Waals surface area contributed by atoms with Crippen molar-refractivity contribution >= 4 is 0 Å². The molecule has 0 aromatic rings. The van der Waals surface area contributed by atoms with Gasteiger partial charge in [-0.2, -0.15) is 0 Å². The van der Waals surface area contributed by atoms with E-state index in [-0.39, 0.29) is 5.60 Å². The van der Waals surface area contributed by atoms with Gasteiger partial charge in [0.1, 0.15) is 0 Å². The summed E-state index contributed by atoms with van der Waals surface area (Å²) in [6.45, 7) is 13.7. The third kappa shape index (κ3) is 2.00. The summed E-state index contributed by atoms with van der Waals surface area (Å²) in [4.78, 5) is 0. The minimum absolute atomic E-state index is 0.106. The lowest BCUT2D eigenvalue weighted by Crippen LogP contribution is -2.42. The summed E-state index contributed by atoms with van der Waals surface area (Å²) in [6.07, 6.45) is 7.85. The van der Waals surface area contributed by atoms with Crippen LogP contribution < -0.4 is 0 Å². The van der Waals surface area contributed by atoms with Crippen LogP contribution in [-0.4, -0.2) is 24.9 Å². The highest BCUT2D eigenvalue weighted by atomic mass is 16.5. The lowest BCUT2D eigenvalue weighted by atomic mass is 9.72. The fraction of sp³-hybridized carbons (Fsp3) is 0.778. The van der Waals surface area contributed by atoms with Gasteiger partial charge < -0.3 is 9.47 Å². The highest BCUT2D eigenvalue weighted by Crippen LogP contribution is 2.66. The average Bonchev–Trinajstić information content (AvgIpc) is 3.03. The van der Waals surface area contributed by atoms with Crippen LogP contribution in [0.4, 0.5) is 0 Å². The van der Waals surface area contributed by atoms with E-state index in [0.29, 0.717) is 31.2 Å². The van der Waals surface area contributed by atoms with Crippen LogP contribution in [0.3, 0.4) is 0 Å². The second kappa shape index (κ2) is 5.31. The zero-order valence-corrected chi connectivity index (χ0v) is 12.9. The summed E-state index contributed by atoms with van der Waals surface area (Å²) in [7, 11) is 0. The quantitative estimate of drug-likeness (QED) is 0.686. The van der Waals surface area contributed by atoms with E-state index in [1.165, 1.54) is 19.3 Å². The maximum atomic E-state index is 6.34. The Bertz CT molecular complexity index is 391. The number of fused-ring (bicyclic) bond motifs is 5. The molecule has 0 aromatic heterocycles. The van der Waals surface area contributed by atoms with Gasteiger partial charge in [0.25, 0.3) is 0 Å². The molecule has 20 heavy (non-hydrogen) atoms. The first kappa shape index (κ1) is 14.3. The van der Waals surface area contributed by atoms with E-state index in [9.17, 15) is 0 Å². The average molecular weight is 276 g/mol. The molecule has 0 N–H and O–H groups in total. The zero-order chi connectivity index (χ0) is 14.3. The van der Waals surface area contributed by atoms with Gasteiger partial charge in [0.15, 0.2) is 0 Å². The molecule has 0 saturated heterocycles. The number of rotatable bonds is 6. The van der Waals surface area contributed by atoms with Crippen LogP contribution in [0, 0.1) is 29.6 Å². The van der Waals surface area contributed by atoms with Gasteiger partial charge in [-0.25, -0.2) is 0 Å². The molecule has 3 rings (SSSR count). The normalized spacial score (nSPS) is 49.3. The first-order valence-corrected chi connectivity index (χ1v) is 8.10. The van der Waals surface area contributed by atoms with E-state index in [1.807, 2.05) is 12.2 Å². The molecule has 0 heterocycles. The Balaban J connectivity index is 1.79. The maximum Gasteiger partial charge on any atom is 0.0726 e. The number of hydrogen-bond donors (Lipinski definition) is 0. The monoisotopic (exact) mass is 276 g/mol. The Labute approximate surface area is 123 Å². The van der Waals surface area contributed by atoms with Crippen LogP contribution in [0.2, 0.25) is 0 Å². The van der Waals surface area contributed by atoms with Gasteiger partial charge in [-0.05, 0) is 48.9 Å². The van der Waals surface area contributed by atoms with Crippen LogP contribution in [0.15, 0.2) is 25.3 Å². The highest BCUT2D eigenvalue weighted by Gasteiger charge is 2.66. The van der Waals surface area contributed by atoms with Crippen LogP contribution in [0.5, 0.6) is 0 Å². The third-order valence-electron chi connectivity index (χ3n) is 6.17. The van der Waals surface area contributed by atoms with Gasteiger partial charge >= 0.3 is 0 Å². The Morgan fingerprint density at radius 1 is 1.10 bits per heavy atom. The van der Waals surface area contributed by atoms with Crippen LogP contribution in [0.25, 0.3) is 0 Å². The van der Waals surface area contributed by atoms with Crippen molar-refractivity contribution in [1.82, 2.24) is 0 Å². The molecule has 0 radical (unpaired) electrons. The second-order valence-corrected chi connectivity index (χ2v) is 7.16. The van der Waals surface area contributed by atoms with Crippen LogP contribution >= 0.6 is 0 Å². The third-order valence-corrected chi connectivity index (χ3v) is 6.17. The van der Waals surface area contributed by atoms with Crippen LogP contribution in [-0.2, 0) is 9.47 Å². The molecule has 112 valence electrons. The summed E-state index contributed by atoms with van der Waals surface area (Å²) in [5.74, 6) is 3.71. The van der Waals surface area contributed by atoms with Crippen molar-refractivity contribution in [2.75, 3.05) is 13.2 Å². The molecule has 7 unspecified atom stereocenters. The van der Waals surface area contributed by atoms with E-state index < -0.39 is 0 Å². The van der Waals surface area contributed by atoms with Gasteiger partial charge in [0, 0.05) is 0 Å². The topological polar surface area (TPSA) is 18.5 Å². The molecule has 0 spiro atoms. The summed E-state index contributed by atoms with van der Waals surface area (Å²) in [5.41, 5.74) is 0.106. The number of hydrogen-bond acceptors (Lipinski definition) is 2. The molecule has 3 aliphatic rings. The first-order chi connectivity index (χ1) is 9.63. The molecule has 3 fully saturated rings. The van der Waals surface area contributed by atoms with E-state index in [0.717, 1.165) is 17.8 Å². The van der Waals surface area contributed by atoms with Crippen molar-refractivity contribution < 1.29 is 9.47 Å². The predicted molar refractivity (Wildman–Crippen MR) is 81.5 cm³/mol. The largest absolute Gasteiger partial charge is 0.374 e. The molecule has 0 amide bonds. The standard InChI is InChI=1S/C18H28O2/c1-5-7-19-16-9-14-15-11-18(10-12(15)3,20-8-6-2)17(14)13(16)4/h5-6,12-17H,1-2,7-11H2,3-4H3. The second-order valence-electron chi connectivity index (χ2n) is 7.16. The van der Waals surface area contributed by atoms with Gasteiger partial charge in [-0.1, -0.05) is 26.0 Å². The smallest absolute Gasteiger partial charge is 0.0726 e. The van der Waals surface area contributed by atoms with Gasteiger partial charge in [0.05, 0.1) is 24.9 Å². The molecule has 2 bridgehead atoms. The van der Waals surface area contributed by atoms with Crippen molar-refractivity contribution in [2.45, 2.75) is 44.8 Å². The van der Waals surface area contributed by atoms with Gasteiger partial charge in [-0.15, -0.1) is 13.2 Å². The molecule has 2 nitrogen and oxygen atoms in total. The predicted octanol–water partition coefficient (Wildman–Crippen LogP) is 3.83. The maximum absolute atomic E-state index is 6.34. The Kier molecular flexibility index (Phi) is 3.81. The molecule has 3 saturated carbocycles. The van der Waals surface area contributed by atoms with Crippen LogP contribution in [0.1, 0.15) is 33.1 Å². The molecule has 3 aliphatic carbocycles. The summed E-state index contributed by atoms with van der Waals surface area (Å²) < 4.78 is 12.4. The molecule has 0 aromatic carbocycles. The Hall–Kier alpha value is -0.600. The SMILES string of the molecule is C=CCOC1CC2C3CC(OCC=C)(CC3C)C2C1C. The first-order valence-electron chi connectivity index (χ1n) is 8.10. The lowest BCUT2D eigenvalue weighted by Gasteiger charge is -2.40. The van der Waals surface area contributed by atoms with Crippen molar-refractivity contribution in [3.05, 3.63) is 25.3 Å². The molecular weight excluding hydrogens is 248 g/mol. The highest BCUT2D eigenvalue weighted by molar-refractivity contribution is 5.15. The molecule has 2 heteroatoms. The van der Waals surface area contributed by atoms with Gasteiger partial charge in [-0.3, -0.25) is 0 Å². The summed E-state index contributed by atoms with van der Waals surface area (Å²) >= 11 is 0. The fourth-order valence-electron chi connectivity index (χ4n) is 5.64. The minimum Gasteiger partial charge on any atom is -0.374 e. The van der Waals surface area contributed by atoms with Crippen molar-refractivity contribution in [3.63, 3.8) is 0 Å². The zero-order valence-electron chi connectivity index (χ0n) is 12.9. The Morgan fingerprint density at radius 2 is 1.85 bits per heavy atom. The Morgan fingerprint density at radius 3 is 2.55 bits per heavy atom. The molecule has 7 atom stereocenters.